The summed E-state index contributed by atoms with van der Waals surface area (Å²) in [4.78, 5) is 12.1. The number of ether oxygens (including phenoxy) is 3. The molecule has 0 spiro atoms. The van der Waals surface area contributed by atoms with Gasteiger partial charge in [0.2, 0.25) is 0 Å². The molecule has 0 aliphatic carbocycles. The van der Waals surface area contributed by atoms with E-state index in [2.05, 4.69) is 31.3 Å². The Balaban J connectivity index is 1.80. The molecular formula is C22H29NO4. The zero-order valence-corrected chi connectivity index (χ0v) is 16.6. The van der Waals surface area contributed by atoms with Crippen molar-refractivity contribution in [2.45, 2.75) is 33.2 Å². The van der Waals surface area contributed by atoms with Crippen molar-refractivity contribution in [3.05, 3.63) is 59.2 Å². The van der Waals surface area contributed by atoms with Gasteiger partial charge < -0.3 is 19.5 Å². The highest BCUT2D eigenvalue weighted by molar-refractivity contribution is 5.77. The molecule has 0 fully saturated rings. The zero-order valence-electron chi connectivity index (χ0n) is 16.6. The van der Waals surface area contributed by atoms with E-state index in [1.807, 2.05) is 37.3 Å². The van der Waals surface area contributed by atoms with Crippen LogP contribution in [0.1, 0.15) is 36.5 Å². The van der Waals surface area contributed by atoms with E-state index in [0.717, 1.165) is 28.2 Å². The molecule has 0 atom stereocenters. The summed E-state index contributed by atoms with van der Waals surface area (Å²) in [5.41, 5.74) is 3.22. The van der Waals surface area contributed by atoms with Crippen molar-refractivity contribution in [1.29, 1.82) is 0 Å². The number of carbonyl (C=O) groups is 1. The monoisotopic (exact) mass is 371 g/mol. The molecule has 0 bridgehead atoms. The molecule has 146 valence electrons. The van der Waals surface area contributed by atoms with Crippen LogP contribution in [0.5, 0.6) is 11.5 Å². The van der Waals surface area contributed by atoms with Crippen LogP contribution in [0.3, 0.4) is 0 Å². The predicted octanol–water partition coefficient (Wildman–Crippen LogP) is 3.84. The number of aryl methyl sites for hydroxylation is 1. The summed E-state index contributed by atoms with van der Waals surface area (Å²) in [5, 5.41) is 2.88. The van der Waals surface area contributed by atoms with Crippen LogP contribution in [0.15, 0.2) is 42.5 Å². The molecule has 5 nitrogen and oxygen atoms in total. The molecule has 0 heterocycles. The highest BCUT2D eigenvalue weighted by atomic mass is 16.5. The minimum absolute atomic E-state index is 0.00137. The molecule has 2 aromatic carbocycles. The molecule has 0 saturated heterocycles. The van der Waals surface area contributed by atoms with E-state index in [1.54, 1.807) is 7.11 Å². The zero-order chi connectivity index (χ0) is 19.6. The van der Waals surface area contributed by atoms with Crippen LogP contribution >= 0.6 is 0 Å². The van der Waals surface area contributed by atoms with Crippen LogP contribution in [-0.4, -0.2) is 32.8 Å². The third-order valence-corrected chi connectivity index (χ3v) is 4.12. The van der Waals surface area contributed by atoms with E-state index < -0.39 is 0 Å². The average Bonchev–Trinajstić information content (AvgIpc) is 2.65. The van der Waals surface area contributed by atoms with Crippen molar-refractivity contribution < 1.29 is 19.0 Å². The minimum atomic E-state index is -0.147. The van der Waals surface area contributed by atoms with E-state index in [9.17, 15) is 4.79 Å². The number of methoxy groups -OCH3 is 1. The molecule has 0 saturated carbocycles. The van der Waals surface area contributed by atoms with Crippen LogP contribution in [0.4, 0.5) is 0 Å². The number of hydrogen-bond donors (Lipinski definition) is 1. The molecule has 0 aliphatic heterocycles. The van der Waals surface area contributed by atoms with E-state index in [-0.39, 0.29) is 12.5 Å². The van der Waals surface area contributed by atoms with E-state index >= 15 is 0 Å². The summed E-state index contributed by atoms with van der Waals surface area (Å²) in [6.07, 6.45) is 0. The fourth-order valence-corrected chi connectivity index (χ4v) is 2.58. The normalized spacial score (nSPS) is 10.7. The van der Waals surface area contributed by atoms with E-state index in [1.165, 1.54) is 0 Å². The Hall–Kier alpha value is -2.53. The molecule has 0 aliphatic rings. The van der Waals surface area contributed by atoms with Crippen molar-refractivity contribution in [2.75, 3.05) is 26.9 Å². The average molecular weight is 371 g/mol. The van der Waals surface area contributed by atoms with Gasteiger partial charge >= 0.3 is 0 Å². The van der Waals surface area contributed by atoms with Crippen LogP contribution < -0.4 is 14.8 Å². The minimum Gasteiger partial charge on any atom is -0.491 e. The summed E-state index contributed by atoms with van der Waals surface area (Å²) in [7, 11) is 1.64. The maximum absolute atomic E-state index is 12.1. The van der Waals surface area contributed by atoms with Gasteiger partial charge in [0.15, 0.2) is 6.61 Å². The SMILES string of the molecule is COCCOc1ccc(CNC(=O)COc2cc(C)ccc2C(C)C)cc1. The second kappa shape index (κ2) is 10.6. The van der Waals surface area contributed by atoms with Crippen molar-refractivity contribution in [1.82, 2.24) is 5.32 Å². The number of rotatable bonds is 10. The predicted molar refractivity (Wildman–Crippen MR) is 106 cm³/mol. The lowest BCUT2D eigenvalue weighted by Gasteiger charge is -2.15. The Morgan fingerprint density at radius 2 is 1.78 bits per heavy atom. The number of nitrogens with one attached hydrogen (secondary N) is 1. The van der Waals surface area contributed by atoms with Gasteiger partial charge in [0.25, 0.3) is 5.91 Å². The molecule has 27 heavy (non-hydrogen) atoms. The Kier molecular flexibility index (Phi) is 8.14. The lowest BCUT2D eigenvalue weighted by Crippen LogP contribution is -2.28. The van der Waals surface area contributed by atoms with Crippen molar-refractivity contribution in [2.24, 2.45) is 0 Å². The number of amides is 1. The van der Waals surface area contributed by atoms with E-state index in [4.69, 9.17) is 14.2 Å². The quantitative estimate of drug-likeness (QED) is 0.645. The van der Waals surface area contributed by atoms with Crippen molar-refractivity contribution in [3.8, 4) is 11.5 Å². The summed E-state index contributed by atoms with van der Waals surface area (Å²) >= 11 is 0. The van der Waals surface area contributed by atoms with Gasteiger partial charge in [-0.2, -0.15) is 0 Å². The summed E-state index contributed by atoms with van der Waals surface area (Å²) in [6.45, 7) is 7.76. The molecule has 5 heteroatoms. The summed E-state index contributed by atoms with van der Waals surface area (Å²) in [5.74, 6) is 1.75. The van der Waals surface area contributed by atoms with Gasteiger partial charge in [-0.05, 0) is 47.7 Å². The fourth-order valence-electron chi connectivity index (χ4n) is 2.58. The Morgan fingerprint density at radius 1 is 1.04 bits per heavy atom. The van der Waals surface area contributed by atoms with Gasteiger partial charge in [0.05, 0.1) is 6.61 Å². The van der Waals surface area contributed by atoms with Gasteiger partial charge in [-0.1, -0.05) is 38.1 Å². The van der Waals surface area contributed by atoms with Crippen molar-refractivity contribution in [3.63, 3.8) is 0 Å². The van der Waals surface area contributed by atoms with E-state index in [0.29, 0.717) is 25.7 Å². The molecule has 0 unspecified atom stereocenters. The van der Waals surface area contributed by atoms with Gasteiger partial charge in [0.1, 0.15) is 18.1 Å². The first-order valence-corrected chi connectivity index (χ1v) is 9.20. The van der Waals surface area contributed by atoms with Gasteiger partial charge in [0, 0.05) is 13.7 Å². The highest BCUT2D eigenvalue weighted by Gasteiger charge is 2.10. The Morgan fingerprint density at radius 3 is 2.44 bits per heavy atom. The van der Waals surface area contributed by atoms with Gasteiger partial charge in [-0.25, -0.2) is 0 Å². The van der Waals surface area contributed by atoms with Crippen LogP contribution in [0, 0.1) is 6.92 Å². The Labute approximate surface area is 161 Å². The second-order valence-corrected chi connectivity index (χ2v) is 6.75. The molecule has 1 amide bonds. The first-order valence-electron chi connectivity index (χ1n) is 9.20. The standard InChI is InChI=1S/C22H29NO4/c1-16(2)20-10-5-17(3)13-21(20)27-15-22(24)23-14-18-6-8-19(9-7-18)26-12-11-25-4/h5-10,13,16H,11-12,14-15H2,1-4H3,(H,23,24). The largest absolute Gasteiger partial charge is 0.491 e. The van der Waals surface area contributed by atoms with Crippen LogP contribution in [0.25, 0.3) is 0 Å². The first-order chi connectivity index (χ1) is 13.0. The third kappa shape index (κ3) is 6.94. The van der Waals surface area contributed by atoms with Gasteiger partial charge in [-0.15, -0.1) is 0 Å². The first kappa shape index (κ1) is 20.8. The summed E-state index contributed by atoms with van der Waals surface area (Å²) < 4.78 is 16.2. The van der Waals surface area contributed by atoms with Gasteiger partial charge in [-0.3, -0.25) is 4.79 Å². The smallest absolute Gasteiger partial charge is 0.258 e. The molecule has 0 aromatic heterocycles. The summed E-state index contributed by atoms with van der Waals surface area (Å²) in [6, 6.07) is 13.7. The molecule has 0 radical (unpaired) electrons. The fraction of sp³-hybridized carbons (Fsp3) is 0.409. The maximum Gasteiger partial charge on any atom is 0.258 e. The lowest BCUT2D eigenvalue weighted by molar-refractivity contribution is -0.123. The number of hydrogen-bond acceptors (Lipinski definition) is 4. The Bertz CT molecular complexity index is 726. The third-order valence-electron chi connectivity index (χ3n) is 4.12. The number of benzene rings is 2. The maximum atomic E-state index is 12.1. The molecule has 2 aromatic rings. The molecule has 1 N–H and O–H groups in total. The lowest BCUT2D eigenvalue weighted by atomic mass is 10.0. The van der Waals surface area contributed by atoms with Crippen LogP contribution in [0.2, 0.25) is 0 Å². The van der Waals surface area contributed by atoms with Crippen LogP contribution in [-0.2, 0) is 16.1 Å². The number of carbonyl (C=O) groups excluding carboxylic acids is 1. The second-order valence-electron chi connectivity index (χ2n) is 6.75. The highest BCUT2D eigenvalue weighted by Crippen LogP contribution is 2.27. The topological polar surface area (TPSA) is 56.8 Å². The molecular weight excluding hydrogens is 342 g/mol. The molecule has 2 rings (SSSR count). The van der Waals surface area contributed by atoms with Crippen molar-refractivity contribution >= 4 is 5.91 Å².